The first kappa shape index (κ1) is 24.5. The van der Waals surface area contributed by atoms with E-state index in [9.17, 15) is 27.6 Å². The molecule has 0 fully saturated rings. The van der Waals surface area contributed by atoms with E-state index in [2.05, 4.69) is 0 Å². The number of alkyl halides is 3. The van der Waals surface area contributed by atoms with Gasteiger partial charge in [0.25, 0.3) is 11.8 Å². The number of rotatable bonds is 6. The maximum absolute atomic E-state index is 13.5. The van der Waals surface area contributed by atoms with Gasteiger partial charge in [0, 0.05) is 11.1 Å². The third-order valence-corrected chi connectivity index (χ3v) is 5.37. The first-order chi connectivity index (χ1) is 17.1. The van der Waals surface area contributed by atoms with Gasteiger partial charge in [0.05, 0.1) is 18.4 Å². The Morgan fingerprint density at radius 1 is 0.944 bits per heavy atom. The molecule has 1 N–H and O–H groups in total. The summed E-state index contributed by atoms with van der Waals surface area (Å²) in [4.78, 5) is 38.2. The molecule has 0 bridgehead atoms. The van der Waals surface area contributed by atoms with Crippen LogP contribution in [-0.4, -0.2) is 36.6 Å². The minimum Gasteiger partial charge on any atom is -0.493 e. The van der Waals surface area contributed by atoms with E-state index in [0.717, 1.165) is 18.2 Å². The second-order valence-corrected chi connectivity index (χ2v) is 7.69. The van der Waals surface area contributed by atoms with Crippen LogP contribution in [0.2, 0.25) is 0 Å². The Morgan fingerprint density at radius 3 is 2.33 bits per heavy atom. The van der Waals surface area contributed by atoms with E-state index < -0.39 is 36.1 Å². The van der Waals surface area contributed by atoms with Crippen molar-refractivity contribution in [2.24, 2.45) is 0 Å². The summed E-state index contributed by atoms with van der Waals surface area (Å²) in [5.74, 6) is -2.36. The zero-order valence-electron chi connectivity index (χ0n) is 18.7. The topological polar surface area (TPSA) is 93.1 Å². The standard InChI is InChI=1S/C26H18F3NO6/c1-35-22-12-15(9-10-21(22)36-14-23(31)32)11-20-18-7-2-3-8-19(18)24(33)30(25(20)34)17-6-4-5-16(13-17)26(27,28)29/h2-13H,14H2,1H3,(H,31,32)/b20-11+. The fourth-order valence-electron chi connectivity index (χ4n) is 3.75. The number of hydrogen-bond donors (Lipinski definition) is 1. The van der Waals surface area contributed by atoms with E-state index in [1.807, 2.05) is 0 Å². The van der Waals surface area contributed by atoms with Crippen molar-refractivity contribution in [1.82, 2.24) is 0 Å². The summed E-state index contributed by atoms with van der Waals surface area (Å²) in [5.41, 5.74) is -0.216. The van der Waals surface area contributed by atoms with Gasteiger partial charge in [-0.2, -0.15) is 13.2 Å². The second-order valence-electron chi connectivity index (χ2n) is 7.69. The first-order valence-corrected chi connectivity index (χ1v) is 10.5. The lowest BCUT2D eigenvalue weighted by Crippen LogP contribution is -2.41. The number of carbonyl (C=O) groups excluding carboxylic acids is 2. The predicted octanol–water partition coefficient (Wildman–Crippen LogP) is 4.91. The van der Waals surface area contributed by atoms with Gasteiger partial charge >= 0.3 is 12.1 Å². The van der Waals surface area contributed by atoms with E-state index in [-0.39, 0.29) is 28.3 Å². The molecule has 1 heterocycles. The summed E-state index contributed by atoms with van der Waals surface area (Å²) in [5, 5.41) is 8.83. The molecule has 1 aliphatic rings. The van der Waals surface area contributed by atoms with Crippen LogP contribution in [0.4, 0.5) is 18.9 Å². The quantitative estimate of drug-likeness (QED) is 0.385. The van der Waals surface area contributed by atoms with Gasteiger partial charge in [0.1, 0.15) is 0 Å². The highest BCUT2D eigenvalue weighted by atomic mass is 19.4. The Labute approximate surface area is 203 Å². The number of carboxylic acids is 1. The molecule has 0 spiro atoms. The Kier molecular flexibility index (Phi) is 6.52. The summed E-state index contributed by atoms with van der Waals surface area (Å²) >= 11 is 0. The summed E-state index contributed by atoms with van der Waals surface area (Å²) in [6, 6.07) is 14.8. The maximum Gasteiger partial charge on any atom is 0.416 e. The van der Waals surface area contributed by atoms with Crippen molar-refractivity contribution >= 4 is 35.1 Å². The summed E-state index contributed by atoms with van der Waals surface area (Å²) in [7, 11) is 1.36. The molecule has 0 saturated carbocycles. The molecular formula is C26H18F3NO6. The smallest absolute Gasteiger partial charge is 0.416 e. The average Bonchev–Trinajstić information content (AvgIpc) is 2.85. The number of ether oxygens (including phenoxy) is 2. The molecule has 0 radical (unpaired) electrons. The van der Waals surface area contributed by atoms with Gasteiger partial charge in [-0.25, -0.2) is 9.69 Å². The van der Waals surface area contributed by atoms with Crippen LogP contribution in [0.3, 0.4) is 0 Å². The van der Waals surface area contributed by atoms with Gasteiger partial charge in [-0.05, 0) is 53.6 Å². The molecule has 0 atom stereocenters. The summed E-state index contributed by atoms with van der Waals surface area (Å²) in [6.07, 6.45) is -3.19. The summed E-state index contributed by atoms with van der Waals surface area (Å²) in [6.45, 7) is -0.587. The molecule has 0 saturated heterocycles. The number of halogens is 3. The summed E-state index contributed by atoms with van der Waals surface area (Å²) < 4.78 is 50.3. The number of nitrogens with zero attached hydrogens (tertiary/aromatic N) is 1. The number of imide groups is 1. The number of methoxy groups -OCH3 is 1. The number of carbonyl (C=O) groups is 3. The van der Waals surface area contributed by atoms with Crippen molar-refractivity contribution in [3.05, 3.63) is 89.0 Å². The van der Waals surface area contributed by atoms with Crippen LogP contribution in [0.5, 0.6) is 11.5 Å². The Bertz CT molecular complexity index is 1400. The molecule has 1 aliphatic heterocycles. The molecule has 184 valence electrons. The lowest BCUT2D eigenvalue weighted by Gasteiger charge is -2.29. The zero-order chi connectivity index (χ0) is 26.0. The Hall–Kier alpha value is -4.60. The number of carboxylic acid groups (broad SMARTS) is 1. The molecule has 2 amide bonds. The Morgan fingerprint density at radius 2 is 1.67 bits per heavy atom. The minimum atomic E-state index is -4.66. The van der Waals surface area contributed by atoms with Gasteiger partial charge in [-0.1, -0.05) is 30.3 Å². The number of aliphatic carboxylic acids is 1. The van der Waals surface area contributed by atoms with E-state index in [4.69, 9.17) is 14.6 Å². The van der Waals surface area contributed by atoms with Crippen LogP contribution in [0.15, 0.2) is 66.7 Å². The van der Waals surface area contributed by atoms with Crippen LogP contribution in [0.25, 0.3) is 11.6 Å². The number of fused-ring (bicyclic) bond motifs is 1. The van der Waals surface area contributed by atoms with Gasteiger partial charge in [-0.3, -0.25) is 9.59 Å². The van der Waals surface area contributed by atoms with Crippen molar-refractivity contribution in [2.45, 2.75) is 6.18 Å². The van der Waals surface area contributed by atoms with Gasteiger partial charge in [-0.15, -0.1) is 0 Å². The van der Waals surface area contributed by atoms with Crippen molar-refractivity contribution < 1.29 is 42.1 Å². The van der Waals surface area contributed by atoms with Crippen molar-refractivity contribution in [3.8, 4) is 11.5 Å². The molecule has 0 unspecified atom stereocenters. The van der Waals surface area contributed by atoms with E-state index in [1.165, 1.54) is 37.5 Å². The average molecular weight is 497 g/mol. The third-order valence-electron chi connectivity index (χ3n) is 5.37. The second kappa shape index (κ2) is 9.57. The number of benzene rings is 3. The van der Waals surface area contributed by atoms with Crippen molar-refractivity contribution in [2.75, 3.05) is 18.6 Å². The largest absolute Gasteiger partial charge is 0.493 e. The van der Waals surface area contributed by atoms with Crippen molar-refractivity contribution in [1.29, 1.82) is 0 Å². The number of hydrogen-bond acceptors (Lipinski definition) is 5. The van der Waals surface area contributed by atoms with Crippen LogP contribution in [0, 0.1) is 0 Å². The molecule has 4 rings (SSSR count). The fourth-order valence-corrected chi connectivity index (χ4v) is 3.75. The molecule has 3 aromatic carbocycles. The molecule has 0 aromatic heterocycles. The van der Waals surface area contributed by atoms with Crippen LogP contribution in [-0.2, 0) is 15.8 Å². The van der Waals surface area contributed by atoms with Gasteiger partial charge in [0.15, 0.2) is 18.1 Å². The zero-order valence-corrected chi connectivity index (χ0v) is 18.7. The third kappa shape index (κ3) is 4.78. The predicted molar refractivity (Wildman–Crippen MR) is 124 cm³/mol. The number of amides is 2. The van der Waals surface area contributed by atoms with E-state index in [1.54, 1.807) is 24.3 Å². The Balaban J connectivity index is 1.81. The monoisotopic (exact) mass is 497 g/mol. The van der Waals surface area contributed by atoms with Gasteiger partial charge in [0.2, 0.25) is 0 Å². The van der Waals surface area contributed by atoms with Crippen LogP contribution in [0.1, 0.15) is 27.0 Å². The first-order valence-electron chi connectivity index (χ1n) is 10.5. The van der Waals surface area contributed by atoms with E-state index in [0.29, 0.717) is 16.0 Å². The lowest BCUT2D eigenvalue weighted by atomic mass is 9.91. The molecule has 3 aromatic rings. The fraction of sp³-hybridized carbons (Fsp3) is 0.115. The molecule has 0 aliphatic carbocycles. The highest BCUT2D eigenvalue weighted by Gasteiger charge is 2.37. The van der Waals surface area contributed by atoms with Crippen LogP contribution < -0.4 is 14.4 Å². The normalized spacial score (nSPS) is 14.6. The van der Waals surface area contributed by atoms with E-state index >= 15 is 0 Å². The molecule has 7 nitrogen and oxygen atoms in total. The molecule has 36 heavy (non-hydrogen) atoms. The molecular weight excluding hydrogens is 479 g/mol. The highest BCUT2D eigenvalue weighted by molar-refractivity contribution is 6.43. The molecule has 10 heteroatoms. The highest BCUT2D eigenvalue weighted by Crippen LogP contribution is 2.37. The number of anilines is 1. The van der Waals surface area contributed by atoms with Crippen molar-refractivity contribution in [3.63, 3.8) is 0 Å². The van der Waals surface area contributed by atoms with Gasteiger partial charge < -0.3 is 14.6 Å². The van der Waals surface area contributed by atoms with Crippen LogP contribution >= 0.6 is 0 Å². The maximum atomic E-state index is 13.5. The minimum absolute atomic E-state index is 0.0730. The SMILES string of the molecule is COc1cc(/C=C2/C(=O)N(c3cccc(C(F)(F)F)c3)C(=O)c3ccccc32)ccc1OCC(=O)O. The lowest BCUT2D eigenvalue weighted by molar-refractivity contribution is -0.139.